The van der Waals surface area contributed by atoms with Crippen LogP contribution < -0.4 is 5.32 Å². The molecule has 3 rings (SSSR count). The number of hydrogen-bond acceptors (Lipinski definition) is 4. The van der Waals surface area contributed by atoms with Gasteiger partial charge in [-0.25, -0.2) is 0 Å². The number of carbonyl (C=O) groups excluding carboxylic acids is 3. The van der Waals surface area contributed by atoms with E-state index >= 15 is 0 Å². The van der Waals surface area contributed by atoms with Gasteiger partial charge in [-0.15, -0.1) is 0 Å². The van der Waals surface area contributed by atoms with Crippen molar-refractivity contribution in [3.05, 3.63) is 23.3 Å². The largest absolute Gasteiger partial charge is 0.356 e. The molecule has 0 aliphatic heterocycles. The van der Waals surface area contributed by atoms with E-state index in [1.54, 1.807) is 0 Å². The molecule has 40 heavy (non-hydrogen) atoms. The number of nitrogens with one attached hydrogen (secondary N) is 1. The van der Waals surface area contributed by atoms with Crippen molar-refractivity contribution in [3.63, 3.8) is 0 Å². The maximum absolute atomic E-state index is 13.6. The SMILES string of the molecule is CCNC(=O)[C@@]1(C)CCC(C)(C)CCCC(=O)/C=C2/[C@@]3(C)C=C(C#N)C(=O)C(C)(C)[C@@H]3CC[C@@]2(C)C(C)(C)CC1. The Balaban J connectivity index is 2.21. The van der Waals surface area contributed by atoms with Crippen molar-refractivity contribution in [3.8, 4) is 6.07 Å². The first-order valence-corrected chi connectivity index (χ1v) is 15.5. The van der Waals surface area contributed by atoms with Crippen LogP contribution in [0.3, 0.4) is 0 Å². The second kappa shape index (κ2) is 10.9. The topological polar surface area (TPSA) is 87.0 Å². The average molecular weight is 551 g/mol. The molecule has 1 fully saturated rings. The van der Waals surface area contributed by atoms with Crippen molar-refractivity contribution >= 4 is 17.5 Å². The molecule has 0 aromatic heterocycles. The zero-order valence-electron chi connectivity index (χ0n) is 27.0. The number of hydrogen-bond donors (Lipinski definition) is 1. The monoisotopic (exact) mass is 550 g/mol. The first-order valence-electron chi connectivity index (χ1n) is 15.5. The van der Waals surface area contributed by atoms with Gasteiger partial charge < -0.3 is 5.32 Å². The van der Waals surface area contributed by atoms with Crippen LogP contribution in [0.25, 0.3) is 0 Å². The highest BCUT2D eigenvalue weighted by molar-refractivity contribution is 6.04. The molecule has 4 atom stereocenters. The number of rotatable bonds is 2. The van der Waals surface area contributed by atoms with Gasteiger partial charge >= 0.3 is 0 Å². The molecule has 3 aliphatic carbocycles. The summed E-state index contributed by atoms with van der Waals surface area (Å²) < 4.78 is 0. The van der Waals surface area contributed by atoms with E-state index in [2.05, 4.69) is 59.9 Å². The van der Waals surface area contributed by atoms with Gasteiger partial charge in [-0.05, 0) is 86.5 Å². The zero-order valence-corrected chi connectivity index (χ0v) is 27.0. The Kier molecular flexibility index (Phi) is 8.79. The lowest BCUT2D eigenvalue weighted by molar-refractivity contribution is -0.132. The minimum atomic E-state index is -0.691. The number of amides is 1. The van der Waals surface area contributed by atoms with Crippen LogP contribution >= 0.6 is 0 Å². The zero-order chi connectivity index (χ0) is 30.4. The van der Waals surface area contributed by atoms with Crippen LogP contribution in [0.2, 0.25) is 0 Å². The number of ketones is 2. The maximum Gasteiger partial charge on any atom is 0.225 e. The lowest BCUT2D eigenvalue weighted by Gasteiger charge is -2.61. The number of Topliss-reactive ketones (excluding diaryl/α,β-unsaturated/α-hetero) is 1. The van der Waals surface area contributed by atoms with Crippen molar-refractivity contribution in [1.82, 2.24) is 5.32 Å². The summed E-state index contributed by atoms with van der Waals surface area (Å²) in [5, 5.41) is 13.1. The van der Waals surface area contributed by atoms with E-state index in [1.165, 1.54) is 0 Å². The fourth-order valence-electron chi connectivity index (χ4n) is 8.21. The fourth-order valence-corrected chi connectivity index (χ4v) is 8.21. The molecule has 0 unspecified atom stereocenters. The van der Waals surface area contributed by atoms with Crippen LogP contribution in [-0.4, -0.2) is 24.0 Å². The number of nitrogens with zero attached hydrogens (tertiary/aromatic N) is 1. The van der Waals surface area contributed by atoms with E-state index in [0.717, 1.165) is 56.9 Å². The minimum Gasteiger partial charge on any atom is -0.356 e. The Morgan fingerprint density at radius 2 is 1.57 bits per heavy atom. The molecule has 1 amide bonds. The Bertz CT molecular complexity index is 1150. The summed E-state index contributed by atoms with van der Waals surface area (Å²) in [6, 6.07) is 2.19. The standard InChI is InChI=1S/C35H54N2O3/c1-11-37-29(40)33(8)19-17-30(2,3)15-12-13-25(38)21-27-34(9)22-24(23-36)28(39)32(6,7)26(34)14-16-35(27,10)31(4,5)18-20-33/h21-22,26H,11-20H2,1-10H3,(H,37,40)/b27-21-/t26-,33-,34-,35+/m0/s1. The predicted molar refractivity (Wildman–Crippen MR) is 161 cm³/mol. The minimum absolute atomic E-state index is 0.00550. The van der Waals surface area contributed by atoms with Gasteiger partial charge in [0.1, 0.15) is 6.07 Å². The molecule has 0 spiro atoms. The van der Waals surface area contributed by atoms with Crippen LogP contribution in [0.1, 0.15) is 127 Å². The summed E-state index contributed by atoms with van der Waals surface area (Å²) in [5.41, 5.74) is -1.00. The summed E-state index contributed by atoms with van der Waals surface area (Å²) in [6.45, 7) is 22.2. The third-order valence-corrected chi connectivity index (χ3v) is 11.7. The summed E-state index contributed by atoms with van der Waals surface area (Å²) in [7, 11) is 0. The van der Waals surface area contributed by atoms with Crippen LogP contribution in [0.15, 0.2) is 23.3 Å². The van der Waals surface area contributed by atoms with Crippen LogP contribution in [0, 0.1) is 49.7 Å². The van der Waals surface area contributed by atoms with Crippen molar-refractivity contribution in [2.45, 2.75) is 127 Å². The number of fused-ring (bicyclic) bond motifs is 3. The van der Waals surface area contributed by atoms with Gasteiger partial charge in [0.2, 0.25) is 5.91 Å². The van der Waals surface area contributed by atoms with Gasteiger partial charge in [0.25, 0.3) is 0 Å². The third-order valence-electron chi connectivity index (χ3n) is 11.7. The summed E-state index contributed by atoms with van der Waals surface area (Å²) in [4.78, 5) is 40.4. The lowest BCUT2D eigenvalue weighted by atomic mass is 9.42. The molecule has 222 valence electrons. The Labute approximate surface area is 243 Å². The van der Waals surface area contributed by atoms with Gasteiger partial charge in [-0.3, -0.25) is 14.4 Å². The highest BCUT2D eigenvalue weighted by Gasteiger charge is 2.61. The molecule has 0 bridgehead atoms. The van der Waals surface area contributed by atoms with Crippen LogP contribution in [0.4, 0.5) is 0 Å². The molecule has 0 radical (unpaired) electrons. The van der Waals surface area contributed by atoms with Gasteiger partial charge in [0, 0.05) is 29.2 Å². The maximum atomic E-state index is 13.6. The van der Waals surface area contributed by atoms with E-state index in [1.807, 2.05) is 32.9 Å². The van der Waals surface area contributed by atoms with Crippen molar-refractivity contribution < 1.29 is 14.4 Å². The van der Waals surface area contributed by atoms with Gasteiger partial charge in [0.05, 0.1) is 5.57 Å². The number of nitriles is 1. The second-order valence-electron chi connectivity index (χ2n) is 15.8. The van der Waals surface area contributed by atoms with Crippen molar-refractivity contribution in [2.75, 3.05) is 6.54 Å². The molecule has 1 N–H and O–H groups in total. The molecule has 0 heterocycles. The molecule has 1 saturated carbocycles. The van der Waals surface area contributed by atoms with Gasteiger partial charge in [0.15, 0.2) is 11.6 Å². The van der Waals surface area contributed by atoms with E-state index in [4.69, 9.17) is 0 Å². The smallest absolute Gasteiger partial charge is 0.225 e. The summed E-state index contributed by atoms with van der Waals surface area (Å²) in [5.74, 6) is 0.189. The number of allylic oxidation sites excluding steroid dienone is 4. The highest BCUT2D eigenvalue weighted by atomic mass is 16.2. The summed E-state index contributed by atoms with van der Waals surface area (Å²) in [6.07, 6.45) is 11.1. The van der Waals surface area contributed by atoms with Crippen molar-refractivity contribution in [1.29, 1.82) is 5.26 Å². The fraction of sp³-hybridized carbons (Fsp3) is 0.771. The lowest BCUT2D eigenvalue weighted by Crippen LogP contribution is -2.56. The number of carbonyl (C=O) groups is 3. The summed E-state index contributed by atoms with van der Waals surface area (Å²) >= 11 is 0. The molecule has 0 aromatic carbocycles. The highest BCUT2D eigenvalue weighted by Crippen LogP contribution is 2.67. The quantitative estimate of drug-likeness (QED) is 0.378. The van der Waals surface area contributed by atoms with E-state index in [0.29, 0.717) is 13.0 Å². The van der Waals surface area contributed by atoms with E-state index < -0.39 is 16.2 Å². The second-order valence-corrected chi connectivity index (χ2v) is 15.8. The molecule has 5 heteroatoms. The van der Waals surface area contributed by atoms with E-state index in [-0.39, 0.29) is 45.2 Å². The average Bonchev–Trinajstić information content (AvgIpc) is 2.85. The molecule has 0 saturated heterocycles. The molecule has 3 aliphatic rings. The van der Waals surface area contributed by atoms with Gasteiger partial charge in [-0.1, -0.05) is 74.0 Å². The molecule has 5 nitrogen and oxygen atoms in total. The third kappa shape index (κ3) is 5.62. The molecular formula is C35H54N2O3. The predicted octanol–water partition coefficient (Wildman–Crippen LogP) is 7.90. The molecule has 0 aromatic rings. The Hall–Kier alpha value is -2.22. The first kappa shape index (κ1) is 32.3. The normalized spacial score (nSPS) is 37.4. The van der Waals surface area contributed by atoms with Crippen LogP contribution in [0.5, 0.6) is 0 Å². The van der Waals surface area contributed by atoms with E-state index in [9.17, 15) is 19.6 Å². The Morgan fingerprint density at radius 1 is 0.950 bits per heavy atom. The molecular weight excluding hydrogens is 496 g/mol. The van der Waals surface area contributed by atoms with Crippen LogP contribution in [-0.2, 0) is 14.4 Å². The Morgan fingerprint density at radius 3 is 2.17 bits per heavy atom. The van der Waals surface area contributed by atoms with Crippen molar-refractivity contribution in [2.24, 2.45) is 38.4 Å². The van der Waals surface area contributed by atoms with Gasteiger partial charge in [-0.2, -0.15) is 5.26 Å². The first-order chi connectivity index (χ1) is 18.3.